The first-order valence-corrected chi connectivity index (χ1v) is 34.5. The van der Waals surface area contributed by atoms with E-state index in [0.29, 0.717) is 96.3 Å². The molecule has 0 saturated carbocycles. The number of hydrogen-bond acceptors (Lipinski definition) is 19. The number of nitrogens with zero attached hydrogens (tertiary/aromatic N) is 11. The minimum atomic E-state index is -1.02. The molecular formula is C70H89N17O12S. The summed E-state index contributed by atoms with van der Waals surface area (Å²) in [5.74, 6) is -2.45. The van der Waals surface area contributed by atoms with E-state index in [1.54, 1.807) is 85.6 Å². The molecule has 2 aliphatic rings. The molecule has 8 aromatic rings. The van der Waals surface area contributed by atoms with Crippen molar-refractivity contribution in [3.63, 3.8) is 0 Å². The molecule has 10 rings (SSSR count). The third-order valence-corrected chi connectivity index (χ3v) is 18.3. The summed E-state index contributed by atoms with van der Waals surface area (Å²) in [4.78, 5) is 115. The van der Waals surface area contributed by atoms with Gasteiger partial charge in [0.25, 0.3) is 17.7 Å². The van der Waals surface area contributed by atoms with Crippen LogP contribution in [-0.2, 0) is 56.6 Å². The summed E-state index contributed by atoms with van der Waals surface area (Å²) < 4.78 is 30.5. The molecule has 2 aliphatic heterocycles. The number of allylic oxidation sites excluding steroid dienone is 2. The zero-order chi connectivity index (χ0) is 71.4. The number of β-amino-alcohol motifs (C(OH)–C–C–N with tert-alkyl or cyclic N) is 1. The molecule has 2 saturated heterocycles. The lowest BCUT2D eigenvalue weighted by Gasteiger charge is -2.35. The largest absolute Gasteiger partial charge is 0.494 e. The summed E-state index contributed by atoms with van der Waals surface area (Å²) in [7, 11) is 1.47. The number of anilines is 2. The normalized spacial score (nSPS) is 15.4. The van der Waals surface area contributed by atoms with E-state index >= 15 is 0 Å². The number of benzene rings is 3. The van der Waals surface area contributed by atoms with Crippen molar-refractivity contribution in [1.29, 1.82) is 0 Å². The Morgan fingerprint density at radius 1 is 0.770 bits per heavy atom. The van der Waals surface area contributed by atoms with Crippen LogP contribution in [0.25, 0.3) is 32.5 Å². The third-order valence-electron chi connectivity index (χ3n) is 17.4. The average Bonchev–Trinajstić information content (AvgIpc) is 1.61. The second-order valence-corrected chi connectivity index (χ2v) is 26.6. The molecule has 3 atom stereocenters. The van der Waals surface area contributed by atoms with Gasteiger partial charge >= 0.3 is 0 Å². The first-order valence-electron chi connectivity index (χ1n) is 33.6. The van der Waals surface area contributed by atoms with Gasteiger partial charge < -0.3 is 59.8 Å². The fraction of sp³-hybridized carbons (Fsp3) is 0.457. The van der Waals surface area contributed by atoms with Crippen molar-refractivity contribution in [2.45, 2.75) is 132 Å². The van der Waals surface area contributed by atoms with E-state index in [0.717, 1.165) is 41.3 Å². The number of aryl methyl sites for hydroxylation is 5. The number of primary amides is 1. The lowest BCUT2D eigenvalue weighted by Crippen LogP contribution is -2.57. The lowest BCUT2D eigenvalue weighted by atomic mass is 9.85. The molecule has 7 amide bonds. The second-order valence-electron chi connectivity index (χ2n) is 25.8. The second kappa shape index (κ2) is 32.9. The number of thiazole rings is 1. The van der Waals surface area contributed by atoms with E-state index in [4.69, 9.17) is 34.6 Å². The third kappa shape index (κ3) is 17.6. The minimum Gasteiger partial charge on any atom is -0.494 e. The van der Waals surface area contributed by atoms with Crippen LogP contribution in [0.5, 0.6) is 11.5 Å². The van der Waals surface area contributed by atoms with Gasteiger partial charge in [0.05, 0.1) is 78.1 Å². The van der Waals surface area contributed by atoms with Crippen LogP contribution in [0.1, 0.15) is 125 Å². The smallest absolute Gasteiger partial charge is 0.276 e. The van der Waals surface area contributed by atoms with Gasteiger partial charge in [-0.3, -0.25) is 58.5 Å². The number of imidazole rings is 2. The summed E-state index contributed by atoms with van der Waals surface area (Å²) in [5.41, 5.74) is 13.7. The van der Waals surface area contributed by atoms with E-state index in [1.165, 1.54) is 12.0 Å². The van der Waals surface area contributed by atoms with Crippen LogP contribution in [0, 0.1) is 26.2 Å². The molecular weight excluding hydrogens is 1300 g/mol. The number of nitrogens with one attached hydrogen (secondary N) is 5. The standard InChI is InChI=1S/C70H89N17O12S/c1-10-86-53(32-42(3)80-86)65(93)78-68-76-51-35-48(63(91)72-21-14-27-97-29-20-57(89)77-61(70(6,7)8)67(95)85-40-49(88)38-52(85)64(92)73-39-45-16-18-46(19-17-45)60-44(5)74-41-100-60)37-55(96-9)58(51)83(68)23-12-13-24-84-59-50(75-69(84)79-66(94)54-33-43(4)81-87(54)11-2)34-47(62(71)90)36-56(59)99-28-15-22-82-25-30-98-31-26-82/h12-13,16-19,32-37,41,49,52,61,88H,10-11,14-15,20-31,38-40H2,1-9H3,(H2,71,90)(H,72,91)(H,73,92)(H,77,89)(H,75,79,94)(H,76,78,93). The van der Waals surface area contributed by atoms with Crippen molar-refractivity contribution in [2.75, 3.05) is 83.5 Å². The molecule has 2 fully saturated rings. The predicted octanol–water partition coefficient (Wildman–Crippen LogP) is 6.17. The van der Waals surface area contributed by atoms with Gasteiger partial charge in [-0.15, -0.1) is 11.3 Å². The van der Waals surface area contributed by atoms with Crippen molar-refractivity contribution in [3.8, 4) is 21.9 Å². The predicted molar refractivity (Wildman–Crippen MR) is 376 cm³/mol. The number of aromatic nitrogens is 9. The molecule has 0 spiro atoms. The van der Waals surface area contributed by atoms with Crippen molar-refractivity contribution < 1.29 is 57.6 Å². The van der Waals surface area contributed by atoms with Gasteiger partial charge in [-0.25, -0.2) is 15.0 Å². The zero-order valence-electron chi connectivity index (χ0n) is 58.0. The Hall–Kier alpha value is -9.88. The number of methoxy groups -OCH3 is 1. The first kappa shape index (κ1) is 72.9. The summed E-state index contributed by atoms with van der Waals surface area (Å²) >= 11 is 1.55. The topological polar surface area (TPSA) is 353 Å². The monoisotopic (exact) mass is 1390 g/mol. The molecule has 0 radical (unpaired) electrons. The van der Waals surface area contributed by atoms with Gasteiger partial charge in [0.1, 0.15) is 46.0 Å². The van der Waals surface area contributed by atoms with Crippen LogP contribution >= 0.6 is 11.3 Å². The molecule has 3 aromatic carbocycles. The highest BCUT2D eigenvalue weighted by molar-refractivity contribution is 7.13. The van der Waals surface area contributed by atoms with Crippen LogP contribution in [0.4, 0.5) is 11.9 Å². The fourth-order valence-corrected chi connectivity index (χ4v) is 13.0. The average molecular weight is 1390 g/mol. The highest BCUT2D eigenvalue weighted by Gasteiger charge is 2.44. The minimum absolute atomic E-state index is 0.0197. The number of rotatable bonds is 31. The van der Waals surface area contributed by atoms with Crippen LogP contribution in [-0.4, -0.2) is 191 Å². The first-order chi connectivity index (χ1) is 48.0. The van der Waals surface area contributed by atoms with Crippen LogP contribution < -0.4 is 41.8 Å². The van der Waals surface area contributed by atoms with Crippen molar-refractivity contribution in [2.24, 2.45) is 11.1 Å². The maximum atomic E-state index is 14.2. The number of ether oxygens (including phenoxy) is 4. The highest BCUT2D eigenvalue weighted by Crippen LogP contribution is 2.35. The maximum absolute atomic E-state index is 14.2. The Morgan fingerprint density at radius 3 is 1.96 bits per heavy atom. The number of carbonyl (C=O) groups is 7. The Labute approximate surface area is 583 Å². The molecule has 100 heavy (non-hydrogen) atoms. The highest BCUT2D eigenvalue weighted by atomic mass is 32.1. The van der Waals surface area contributed by atoms with E-state index in [9.17, 15) is 38.7 Å². The van der Waals surface area contributed by atoms with Crippen LogP contribution in [0.15, 0.2) is 78.3 Å². The number of morpholine rings is 1. The summed E-state index contributed by atoms with van der Waals surface area (Å²) in [6, 6.07) is 15.5. The van der Waals surface area contributed by atoms with E-state index in [2.05, 4.69) is 46.7 Å². The van der Waals surface area contributed by atoms with Crippen LogP contribution in [0.2, 0.25) is 0 Å². The summed E-state index contributed by atoms with van der Waals surface area (Å²) in [6.45, 7) is 20.4. The molecule has 0 bridgehead atoms. The number of aliphatic hydroxyl groups is 1. The van der Waals surface area contributed by atoms with Crippen molar-refractivity contribution in [1.82, 2.24) is 69.4 Å². The van der Waals surface area contributed by atoms with Crippen molar-refractivity contribution >= 4 is 86.7 Å². The number of fused-ring (bicyclic) bond motifs is 2. The Morgan fingerprint density at radius 2 is 1.38 bits per heavy atom. The Kier molecular flexibility index (Phi) is 23.9. The molecule has 7 heterocycles. The maximum Gasteiger partial charge on any atom is 0.276 e. The van der Waals surface area contributed by atoms with Crippen molar-refractivity contribution in [3.05, 3.63) is 123 Å². The number of hydrogen-bond donors (Lipinski definition) is 7. The van der Waals surface area contributed by atoms with Gasteiger partial charge in [0.2, 0.25) is 35.5 Å². The zero-order valence-corrected chi connectivity index (χ0v) is 58.8. The molecule has 3 unspecified atom stereocenters. The molecule has 29 nitrogen and oxygen atoms in total. The van der Waals surface area contributed by atoms with Gasteiger partial charge in [-0.05, 0) is 100 Å². The Bertz CT molecular complexity index is 4310. The Balaban J connectivity index is 0.791. The van der Waals surface area contributed by atoms with Gasteiger partial charge in [-0.2, -0.15) is 10.2 Å². The van der Waals surface area contributed by atoms with Crippen LogP contribution in [0.3, 0.4) is 0 Å². The number of aliphatic hydroxyl groups excluding tert-OH is 1. The van der Waals surface area contributed by atoms with Gasteiger partial charge in [0, 0.05) is 96.0 Å². The summed E-state index contributed by atoms with van der Waals surface area (Å²) in [6.07, 6.45) is 3.81. The number of nitrogens with two attached hydrogens (primary N) is 1. The quantitative estimate of drug-likeness (QED) is 0.0188. The number of amides is 7. The van der Waals surface area contributed by atoms with Gasteiger partial charge in [0.15, 0.2) is 0 Å². The number of carbonyl (C=O) groups excluding carboxylic acids is 7. The van der Waals surface area contributed by atoms with Gasteiger partial charge in [-0.1, -0.05) is 57.2 Å². The summed E-state index contributed by atoms with van der Waals surface area (Å²) in [5, 5.41) is 34.3. The lowest BCUT2D eigenvalue weighted by molar-refractivity contribution is -0.144. The van der Waals surface area contributed by atoms with E-state index in [1.807, 2.05) is 78.0 Å². The molecule has 30 heteroatoms. The molecule has 0 aliphatic carbocycles. The van der Waals surface area contributed by atoms with E-state index in [-0.39, 0.29) is 87.6 Å². The molecule has 5 aromatic heterocycles. The molecule has 532 valence electrons. The number of likely N-dealkylation sites (tertiary alicyclic amines) is 1. The van der Waals surface area contributed by atoms with E-state index < -0.39 is 65.0 Å². The molecule has 8 N–H and O–H groups in total. The SMILES string of the molecule is CCn1nc(C)cc1C(=O)Nc1nc2cc(C(=O)NCCCOCCC(=O)NC(C(=O)N3CC(O)CC3C(=O)NCc3ccc(-c4scnc4C)cc3)C(C)(C)C)cc(OC)c2n1CC=CCn1c(NC(=O)c2cc(C)nn2CC)nc2cc(C(N)=O)cc(OCCCN3CCOCC3)c21. The fourth-order valence-electron chi connectivity index (χ4n) is 12.2.